The van der Waals surface area contributed by atoms with E-state index in [2.05, 4.69) is 44.2 Å². The molecule has 2 aromatic rings. The van der Waals surface area contributed by atoms with E-state index in [1.165, 1.54) is 36.0 Å². The largest absolute Gasteiger partial charge is 0.508 e. The SMILES string of the molecule is CCCCCCc1cc(Cc2ccccc2)c(C)cc1O. The Labute approximate surface area is 128 Å². The summed E-state index contributed by atoms with van der Waals surface area (Å²) in [6, 6.07) is 14.7. The van der Waals surface area contributed by atoms with Gasteiger partial charge in [-0.3, -0.25) is 0 Å². The molecule has 0 atom stereocenters. The van der Waals surface area contributed by atoms with Crippen LogP contribution in [0.1, 0.15) is 54.9 Å². The van der Waals surface area contributed by atoms with Crippen LogP contribution in [0.2, 0.25) is 0 Å². The van der Waals surface area contributed by atoms with Crippen molar-refractivity contribution < 1.29 is 5.11 Å². The van der Waals surface area contributed by atoms with Gasteiger partial charge in [0.05, 0.1) is 0 Å². The number of unbranched alkanes of at least 4 members (excludes halogenated alkanes) is 3. The molecule has 21 heavy (non-hydrogen) atoms. The van der Waals surface area contributed by atoms with Crippen molar-refractivity contribution in [2.24, 2.45) is 0 Å². The highest BCUT2D eigenvalue weighted by Gasteiger charge is 2.07. The van der Waals surface area contributed by atoms with Crippen LogP contribution in [0.4, 0.5) is 0 Å². The van der Waals surface area contributed by atoms with Crippen molar-refractivity contribution in [2.45, 2.75) is 52.4 Å². The summed E-state index contributed by atoms with van der Waals surface area (Å²) in [5.74, 6) is 0.459. The molecule has 1 heteroatoms. The average molecular weight is 282 g/mol. The zero-order valence-electron chi connectivity index (χ0n) is 13.2. The van der Waals surface area contributed by atoms with E-state index in [1.807, 2.05) is 12.1 Å². The Morgan fingerprint density at radius 1 is 0.905 bits per heavy atom. The van der Waals surface area contributed by atoms with Crippen LogP contribution in [0.15, 0.2) is 42.5 Å². The molecule has 0 aromatic heterocycles. The molecule has 0 unspecified atom stereocenters. The third kappa shape index (κ3) is 4.63. The fourth-order valence-corrected chi connectivity index (χ4v) is 2.74. The Morgan fingerprint density at radius 3 is 2.38 bits per heavy atom. The van der Waals surface area contributed by atoms with Gasteiger partial charge in [0.2, 0.25) is 0 Å². The molecule has 0 saturated carbocycles. The van der Waals surface area contributed by atoms with Gasteiger partial charge in [-0.2, -0.15) is 0 Å². The van der Waals surface area contributed by atoms with E-state index >= 15 is 0 Å². The summed E-state index contributed by atoms with van der Waals surface area (Å²) < 4.78 is 0. The normalized spacial score (nSPS) is 10.8. The Morgan fingerprint density at radius 2 is 1.67 bits per heavy atom. The van der Waals surface area contributed by atoms with E-state index in [-0.39, 0.29) is 0 Å². The second-order valence-electron chi connectivity index (χ2n) is 5.88. The number of aryl methyl sites for hydroxylation is 2. The van der Waals surface area contributed by atoms with Crippen molar-refractivity contribution >= 4 is 0 Å². The number of benzene rings is 2. The number of hydrogen-bond donors (Lipinski definition) is 1. The number of phenolic OH excluding ortho intramolecular Hbond substituents is 1. The van der Waals surface area contributed by atoms with Gasteiger partial charge in [-0.15, -0.1) is 0 Å². The molecule has 2 rings (SSSR count). The van der Waals surface area contributed by atoms with Gasteiger partial charge >= 0.3 is 0 Å². The minimum Gasteiger partial charge on any atom is -0.508 e. The average Bonchev–Trinajstić information content (AvgIpc) is 2.49. The summed E-state index contributed by atoms with van der Waals surface area (Å²) in [5.41, 5.74) is 4.92. The molecule has 0 aliphatic carbocycles. The smallest absolute Gasteiger partial charge is 0.119 e. The number of hydrogen-bond acceptors (Lipinski definition) is 1. The predicted molar refractivity (Wildman–Crippen MR) is 89.9 cm³/mol. The molecule has 0 aliphatic heterocycles. The quantitative estimate of drug-likeness (QED) is 0.673. The van der Waals surface area contributed by atoms with Gasteiger partial charge < -0.3 is 5.11 Å². The lowest BCUT2D eigenvalue weighted by molar-refractivity contribution is 0.465. The molecule has 0 fully saturated rings. The van der Waals surface area contributed by atoms with Crippen molar-refractivity contribution in [3.8, 4) is 5.75 Å². The van der Waals surface area contributed by atoms with E-state index in [0.717, 1.165) is 24.8 Å². The molecule has 1 nitrogen and oxygen atoms in total. The molecule has 0 radical (unpaired) electrons. The monoisotopic (exact) mass is 282 g/mol. The minimum absolute atomic E-state index is 0.459. The highest BCUT2D eigenvalue weighted by Crippen LogP contribution is 2.26. The van der Waals surface area contributed by atoms with Crippen molar-refractivity contribution in [3.05, 3.63) is 64.7 Å². The van der Waals surface area contributed by atoms with Gasteiger partial charge in [0.1, 0.15) is 5.75 Å². The second-order valence-corrected chi connectivity index (χ2v) is 5.88. The first kappa shape index (κ1) is 15.6. The van der Waals surface area contributed by atoms with Crippen molar-refractivity contribution in [3.63, 3.8) is 0 Å². The van der Waals surface area contributed by atoms with Crippen LogP contribution >= 0.6 is 0 Å². The Bertz CT molecular complexity index is 558. The summed E-state index contributed by atoms with van der Waals surface area (Å²) in [6.07, 6.45) is 6.86. The van der Waals surface area contributed by atoms with Gasteiger partial charge in [0, 0.05) is 0 Å². The molecule has 2 aromatic carbocycles. The lowest BCUT2D eigenvalue weighted by atomic mass is 9.95. The zero-order chi connectivity index (χ0) is 15.1. The van der Waals surface area contributed by atoms with Crippen LogP contribution in [0.25, 0.3) is 0 Å². The predicted octanol–water partition coefficient (Wildman–Crippen LogP) is 5.41. The molecule has 0 amide bonds. The van der Waals surface area contributed by atoms with Gasteiger partial charge in [-0.05, 0) is 54.5 Å². The Balaban J connectivity index is 2.10. The lowest BCUT2D eigenvalue weighted by Gasteiger charge is -2.11. The highest BCUT2D eigenvalue weighted by molar-refractivity contribution is 5.43. The molecular weight excluding hydrogens is 256 g/mol. The maximum absolute atomic E-state index is 10.1. The van der Waals surface area contributed by atoms with Gasteiger partial charge in [-0.1, -0.05) is 62.6 Å². The minimum atomic E-state index is 0.459. The Hall–Kier alpha value is -1.76. The summed E-state index contributed by atoms with van der Waals surface area (Å²) >= 11 is 0. The van der Waals surface area contributed by atoms with Crippen LogP contribution in [0, 0.1) is 6.92 Å². The maximum Gasteiger partial charge on any atom is 0.119 e. The van der Waals surface area contributed by atoms with Gasteiger partial charge in [-0.25, -0.2) is 0 Å². The first-order valence-corrected chi connectivity index (χ1v) is 8.06. The summed E-state index contributed by atoms with van der Waals surface area (Å²) in [7, 11) is 0. The van der Waals surface area contributed by atoms with E-state index in [1.54, 1.807) is 0 Å². The summed E-state index contributed by atoms with van der Waals surface area (Å²) in [5, 5.41) is 10.1. The van der Waals surface area contributed by atoms with Crippen molar-refractivity contribution in [1.29, 1.82) is 0 Å². The van der Waals surface area contributed by atoms with E-state index in [4.69, 9.17) is 0 Å². The van der Waals surface area contributed by atoms with E-state index in [0.29, 0.717) is 5.75 Å². The maximum atomic E-state index is 10.1. The van der Waals surface area contributed by atoms with Crippen LogP contribution in [-0.4, -0.2) is 5.11 Å². The molecule has 0 heterocycles. The van der Waals surface area contributed by atoms with Crippen molar-refractivity contribution in [2.75, 3.05) is 0 Å². The van der Waals surface area contributed by atoms with Crippen LogP contribution in [0.3, 0.4) is 0 Å². The summed E-state index contributed by atoms with van der Waals surface area (Å²) in [4.78, 5) is 0. The third-order valence-electron chi connectivity index (χ3n) is 4.07. The van der Waals surface area contributed by atoms with Crippen LogP contribution in [-0.2, 0) is 12.8 Å². The third-order valence-corrected chi connectivity index (χ3v) is 4.07. The van der Waals surface area contributed by atoms with Crippen LogP contribution < -0.4 is 0 Å². The molecule has 0 bridgehead atoms. The second kappa shape index (κ2) is 7.87. The molecule has 0 saturated heterocycles. The lowest BCUT2D eigenvalue weighted by Crippen LogP contribution is -1.96. The molecular formula is C20H26O. The first-order chi connectivity index (χ1) is 10.2. The van der Waals surface area contributed by atoms with Gasteiger partial charge in [0.15, 0.2) is 0 Å². The number of rotatable bonds is 7. The van der Waals surface area contributed by atoms with Crippen molar-refractivity contribution in [1.82, 2.24) is 0 Å². The number of phenols is 1. The molecule has 112 valence electrons. The molecule has 0 spiro atoms. The van der Waals surface area contributed by atoms with Gasteiger partial charge in [0.25, 0.3) is 0 Å². The number of aromatic hydroxyl groups is 1. The van der Waals surface area contributed by atoms with Crippen LogP contribution in [0.5, 0.6) is 5.75 Å². The topological polar surface area (TPSA) is 20.2 Å². The fraction of sp³-hybridized carbons (Fsp3) is 0.400. The Kier molecular flexibility index (Phi) is 5.86. The first-order valence-electron chi connectivity index (χ1n) is 8.06. The van der Waals surface area contributed by atoms with E-state index < -0.39 is 0 Å². The fourth-order valence-electron chi connectivity index (χ4n) is 2.74. The standard InChI is InChI=1S/C20H26O/c1-3-4-5-9-12-18-15-19(16(2)13-20(18)21)14-17-10-7-6-8-11-17/h6-8,10-11,13,15,21H,3-5,9,12,14H2,1-2H3. The molecule has 1 N–H and O–H groups in total. The zero-order valence-corrected chi connectivity index (χ0v) is 13.2. The van der Waals surface area contributed by atoms with E-state index in [9.17, 15) is 5.11 Å². The highest BCUT2D eigenvalue weighted by atomic mass is 16.3. The molecule has 0 aliphatic rings. The summed E-state index contributed by atoms with van der Waals surface area (Å²) in [6.45, 7) is 4.31.